The lowest BCUT2D eigenvalue weighted by Gasteiger charge is -2.41. The van der Waals surface area contributed by atoms with Gasteiger partial charge in [0.1, 0.15) is 11.5 Å². The van der Waals surface area contributed by atoms with Gasteiger partial charge >= 0.3 is 0 Å². The van der Waals surface area contributed by atoms with Crippen LogP contribution in [0.25, 0.3) is 0 Å². The summed E-state index contributed by atoms with van der Waals surface area (Å²) in [6.07, 6.45) is 10.7. The van der Waals surface area contributed by atoms with E-state index in [1.807, 2.05) is 38.2 Å². The first-order valence-electron chi connectivity index (χ1n) is 9.48. The van der Waals surface area contributed by atoms with Crippen molar-refractivity contribution in [3.05, 3.63) is 71.3 Å². The van der Waals surface area contributed by atoms with E-state index in [9.17, 15) is 0 Å². The number of hydrogen-bond donors (Lipinski definition) is 0. The van der Waals surface area contributed by atoms with Crippen LogP contribution in [0.4, 0.5) is 0 Å². The number of ether oxygens (including phenoxy) is 2. The van der Waals surface area contributed by atoms with Crippen molar-refractivity contribution in [3.63, 3.8) is 0 Å². The lowest BCUT2D eigenvalue weighted by atomic mass is 9.67. The third-order valence-corrected chi connectivity index (χ3v) is 4.92. The summed E-state index contributed by atoms with van der Waals surface area (Å²) in [4.78, 5) is 0. The molecule has 2 nitrogen and oxygen atoms in total. The Morgan fingerprint density at radius 2 is 1.54 bits per heavy atom. The van der Waals surface area contributed by atoms with Crippen LogP contribution in [0.3, 0.4) is 0 Å². The summed E-state index contributed by atoms with van der Waals surface area (Å²) in [5, 5.41) is 0. The fraction of sp³-hybridized carbons (Fsp3) is 0.500. The Balaban J connectivity index is 0.00000141. The van der Waals surface area contributed by atoms with Crippen LogP contribution in [0.1, 0.15) is 60.8 Å². The molecule has 2 heteroatoms. The maximum atomic E-state index is 5.85. The zero-order chi connectivity index (χ0) is 20.3. The molecule has 0 aromatic heterocycles. The van der Waals surface area contributed by atoms with Gasteiger partial charge in [-0.2, -0.15) is 0 Å². The summed E-state index contributed by atoms with van der Waals surface area (Å²) < 4.78 is 11.7. The Hall–Kier alpha value is -1.96. The van der Waals surface area contributed by atoms with Crippen molar-refractivity contribution in [1.82, 2.24) is 0 Å². The Bertz CT molecular complexity index is 610. The van der Waals surface area contributed by atoms with E-state index in [2.05, 4.69) is 40.9 Å². The SMILES string of the molecule is C/C=C\C.C=CC1=C(OC)/C(=C(/C)CC)C(C)(CCC)C(OC)=C1C=C. The average molecular weight is 359 g/mol. The molecule has 1 atom stereocenters. The number of hydrogen-bond acceptors (Lipinski definition) is 2. The first-order valence-corrected chi connectivity index (χ1v) is 9.48. The summed E-state index contributed by atoms with van der Waals surface area (Å²) >= 11 is 0. The highest BCUT2D eigenvalue weighted by atomic mass is 16.5. The Labute approximate surface area is 161 Å². The summed E-state index contributed by atoms with van der Waals surface area (Å²) in [7, 11) is 3.47. The van der Waals surface area contributed by atoms with Crippen LogP contribution in [0.15, 0.2) is 71.3 Å². The second kappa shape index (κ2) is 11.6. The van der Waals surface area contributed by atoms with Crippen LogP contribution in [-0.4, -0.2) is 14.2 Å². The number of methoxy groups -OCH3 is 2. The van der Waals surface area contributed by atoms with Crippen molar-refractivity contribution in [2.24, 2.45) is 5.41 Å². The molecule has 0 amide bonds. The minimum Gasteiger partial charge on any atom is -0.500 e. The molecule has 0 heterocycles. The minimum absolute atomic E-state index is 0.203. The maximum absolute atomic E-state index is 5.85. The molecule has 1 unspecified atom stereocenters. The predicted molar refractivity (Wildman–Crippen MR) is 115 cm³/mol. The lowest BCUT2D eigenvalue weighted by Crippen LogP contribution is -2.31. The van der Waals surface area contributed by atoms with Crippen molar-refractivity contribution in [2.45, 2.75) is 60.8 Å². The average Bonchev–Trinajstić information content (AvgIpc) is 2.66. The third-order valence-electron chi connectivity index (χ3n) is 4.92. The Morgan fingerprint density at radius 3 is 1.85 bits per heavy atom. The van der Waals surface area contributed by atoms with Crippen LogP contribution in [-0.2, 0) is 9.47 Å². The molecule has 1 rings (SSSR count). The van der Waals surface area contributed by atoms with Gasteiger partial charge in [-0.3, -0.25) is 0 Å². The first kappa shape index (κ1) is 24.0. The largest absolute Gasteiger partial charge is 0.500 e. The van der Waals surface area contributed by atoms with Gasteiger partial charge in [0.05, 0.1) is 19.6 Å². The van der Waals surface area contributed by atoms with E-state index in [0.29, 0.717) is 0 Å². The zero-order valence-electron chi connectivity index (χ0n) is 18.2. The van der Waals surface area contributed by atoms with Crippen molar-refractivity contribution < 1.29 is 9.47 Å². The molecule has 0 bridgehead atoms. The summed E-state index contributed by atoms with van der Waals surface area (Å²) in [6, 6.07) is 0. The smallest absolute Gasteiger partial charge is 0.130 e. The second-order valence-corrected chi connectivity index (χ2v) is 6.56. The number of rotatable bonds is 7. The van der Waals surface area contributed by atoms with E-state index in [0.717, 1.165) is 41.9 Å². The molecule has 26 heavy (non-hydrogen) atoms. The Kier molecular flexibility index (Phi) is 10.7. The highest BCUT2D eigenvalue weighted by molar-refractivity contribution is 5.61. The number of allylic oxidation sites excluding steroid dienone is 9. The third kappa shape index (κ3) is 4.81. The van der Waals surface area contributed by atoms with E-state index in [1.54, 1.807) is 14.2 Å². The fourth-order valence-electron chi connectivity index (χ4n) is 3.57. The fourth-order valence-corrected chi connectivity index (χ4v) is 3.57. The van der Waals surface area contributed by atoms with E-state index in [4.69, 9.17) is 9.47 Å². The van der Waals surface area contributed by atoms with Gasteiger partial charge in [-0.15, -0.1) is 0 Å². The molecule has 0 spiro atoms. The predicted octanol–water partition coefficient (Wildman–Crippen LogP) is 7.29. The van der Waals surface area contributed by atoms with Crippen molar-refractivity contribution >= 4 is 0 Å². The molecule has 0 aliphatic heterocycles. The second-order valence-electron chi connectivity index (χ2n) is 6.56. The topological polar surface area (TPSA) is 18.5 Å². The van der Waals surface area contributed by atoms with Gasteiger partial charge in [0.25, 0.3) is 0 Å². The highest BCUT2D eigenvalue weighted by Gasteiger charge is 2.43. The standard InChI is InChI=1S/C20H30O2.C4H8/c1-9-13-20(6)17(14(5)10-2)18(21-7)15(11-3)16(12-4)19(20)22-8;1-3-4-2/h11-12H,3-4,9-10,13H2,1-2,5-8H3;3-4H,1-2H3/b17-14+;4-3-. The van der Waals surface area contributed by atoms with Gasteiger partial charge < -0.3 is 9.47 Å². The minimum atomic E-state index is -0.203. The van der Waals surface area contributed by atoms with Gasteiger partial charge in [0, 0.05) is 16.7 Å². The molecular formula is C24H38O2. The van der Waals surface area contributed by atoms with Crippen LogP contribution < -0.4 is 0 Å². The summed E-state index contributed by atoms with van der Waals surface area (Å²) in [5.74, 6) is 1.86. The van der Waals surface area contributed by atoms with Crippen molar-refractivity contribution in [2.75, 3.05) is 14.2 Å². The van der Waals surface area contributed by atoms with Crippen LogP contribution in [0.2, 0.25) is 0 Å². The highest BCUT2D eigenvalue weighted by Crippen LogP contribution is 2.52. The molecule has 0 fully saturated rings. The molecule has 0 aromatic rings. The van der Waals surface area contributed by atoms with Gasteiger partial charge in [-0.1, -0.05) is 63.3 Å². The molecular weight excluding hydrogens is 320 g/mol. The quantitative estimate of drug-likeness (QED) is 0.445. The van der Waals surface area contributed by atoms with Gasteiger partial charge in [-0.25, -0.2) is 0 Å². The van der Waals surface area contributed by atoms with Crippen molar-refractivity contribution in [1.29, 1.82) is 0 Å². The van der Waals surface area contributed by atoms with Gasteiger partial charge in [0.15, 0.2) is 0 Å². The molecule has 0 saturated heterocycles. The van der Waals surface area contributed by atoms with Crippen LogP contribution >= 0.6 is 0 Å². The molecule has 0 saturated carbocycles. The molecule has 0 aromatic carbocycles. The van der Waals surface area contributed by atoms with E-state index in [-0.39, 0.29) is 5.41 Å². The maximum Gasteiger partial charge on any atom is 0.130 e. The normalized spacial score (nSPS) is 22.0. The van der Waals surface area contributed by atoms with E-state index in [1.165, 1.54) is 11.1 Å². The van der Waals surface area contributed by atoms with Crippen molar-refractivity contribution in [3.8, 4) is 0 Å². The van der Waals surface area contributed by atoms with Gasteiger partial charge in [0.2, 0.25) is 0 Å². The zero-order valence-corrected chi connectivity index (χ0v) is 18.2. The Morgan fingerprint density at radius 1 is 1.00 bits per heavy atom. The van der Waals surface area contributed by atoms with Crippen LogP contribution in [0.5, 0.6) is 0 Å². The monoisotopic (exact) mass is 358 g/mol. The molecule has 0 N–H and O–H groups in total. The molecule has 1 aliphatic carbocycles. The molecule has 0 radical (unpaired) electrons. The molecule has 1 aliphatic rings. The van der Waals surface area contributed by atoms with E-state index >= 15 is 0 Å². The van der Waals surface area contributed by atoms with Gasteiger partial charge in [-0.05, 0) is 40.5 Å². The lowest BCUT2D eigenvalue weighted by molar-refractivity contribution is 0.175. The molecule has 146 valence electrons. The summed E-state index contributed by atoms with van der Waals surface area (Å²) in [6.45, 7) is 20.7. The van der Waals surface area contributed by atoms with Crippen LogP contribution in [0, 0.1) is 5.41 Å². The first-order chi connectivity index (χ1) is 12.4. The summed E-state index contributed by atoms with van der Waals surface area (Å²) in [5.41, 5.74) is 4.30. The van der Waals surface area contributed by atoms with E-state index < -0.39 is 0 Å².